The second-order valence-corrected chi connectivity index (χ2v) is 6.13. The van der Waals surface area contributed by atoms with E-state index in [1.54, 1.807) is 12.1 Å². The third-order valence-electron chi connectivity index (χ3n) is 3.83. The molecular weight excluding hydrogens is 229 g/mol. The topological polar surface area (TPSA) is 23.5 Å². The number of nitrogens with zero attached hydrogens (tertiary/aromatic N) is 1. The van der Waals surface area contributed by atoms with Gasteiger partial charge in [0.05, 0.1) is 6.10 Å². The minimum absolute atomic E-state index is 0.0920. The van der Waals surface area contributed by atoms with Crippen LogP contribution in [0.4, 0.5) is 4.39 Å². The van der Waals surface area contributed by atoms with Crippen LogP contribution in [0.1, 0.15) is 38.7 Å². The largest absolute Gasteiger partial charge is 0.391 e. The number of hydrogen-bond acceptors (Lipinski definition) is 2. The first-order chi connectivity index (χ1) is 8.38. The van der Waals surface area contributed by atoms with E-state index in [9.17, 15) is 9.50 Å². The minimum atomic E-state index is -0.372. The molecule has 0 spiro atoms. The molecule has 2 nitrogen and oxygen atoms in total. The predicted molar refractivity (Wildman–Crippen MR) is 71.1 cm³/mol. The number of halogens is 1. The van der Waals surface area contributed by atoms with Crippen LogP contribution in [0, 0.1) is 5.82 Å². The van der Waals surface area contributed by atoms with E-state index < -0.39 is 0 Å². The van der Waals surface area contributed by atoms with E-state index >= 15 is 0 Å². The van der Waals surface area contributed by atoms with Crippen LogP contribution in [0.15, 0.2) is 24.3 Å². The van der Waals surface area contributed by atoms with Gasteiger partial charge in [0, 0.05) is 18.0 Å². The van der Waals surface area contributed by atoms with Gasteiger partial charge in [0.25, 0.3) is 0 Å². The molecule has 1 aromatic rings. The van der Waals surface area contributed by atoms with Crippen LogP contribution in [-0.4, -0.2) is 34.7 Å². The van der Waals surface area contributed by atoms with E-state index in [0.717, 1.165) is 18.5 Å². The SMILES string of the molecule is CC(C)(C)N1CC[C@H](c2ccc(F)cc2)[C@@H](O)C1. The average molecular weight is 251 g/mol. The summed E-state index contributed by atoms with van der Waals surface area (Å²) in [5.74, 6) is -0.0930. The summed E-state index contributed by atoms with van der Waals surface area (Å²) < 4.78 is 12.9. The van der Waals surface area contributed by atoms with Crippen molar-refractivity contribution in [1.29, 1.82) is 0 Å². The van der Waals surface area contributed by atoms with Crippen LogP contribution in [0.25, 0.3) is 0 Å². The lowest BCUT2D eigenvalue weighted by Crippen LogP contribution is -2.51. The number of rotatable bonds is 1. The second kappa shape index (κ2) is 4.98. The summed E-state index contributed by atoms with van der Waals surface area (Å²) in [5.41, 5.74) is 1.13. The highest BCUT2D eigenvalue weighted by molar-refractivity contribution is 5.22. The average Bonchev–Trinajstić information content (AvgIpc) is 2.29. The van der Waals surface area contributed by atoms with Crippen LogP contribution in [0.5, 0.6) is 0 Å². The minimum Gasteiger partial charge on any atom is -0.391 e. The molecule has 3 heteroatoms. The molecule has 18 heavy (non-hydrogen) atoms. The van der Waals surface area contributed by atoms with Crippen molar-refractivity contribution < 1.29 is 9.50 Å². The molecule has 0 radical (unpaired) electrons. The molecule has 2 atom stereocenters. The lowest BCUT2D eigenvalue weighted by molar-refractivity contribution is 0.00792. The van der Waals surface area contributed by atoms with Gasteiger partial charge in [-0.3, -0.25) is 4.90 Å². The maximum absolute atomic E-state index is 12.9. The molecule has 1 aromatic carbocycles. The fourth-order valence-corrected chi connectivity index (χ4v) is 2.64. The van der Waals surface area contributed by atoms with Crippen molar-refractivity contribution in [1.82, 2.24) is 4.90 Å². The molecule has 0 bridgehead atoms. The monoisotopic (exact) mass is 251 g/mol. The molecule has 1 heterocycles. The molecule has 1 aliphatic heterocycles. The molecule has 1 aliphatic rings. The summed E-state index contributed by atoms with van der Waals surface area (Å²) in [5, 5.41) is 10.3. The lowest BCUT2D eigenvalue weighted by Gasteiger charge is -2.43. The highest BCUT2D eigenvalue weighted by Gasteiger charge is 2.33. The van der Waals surface area contributed by atoms with Crippen LogP contribution >= 0.6 is 0 Å². The van der Waals surface area contributed by atoms with Gasteiger partial charge >= 0.3 is 0 Å². The standard InChI is InChI=1S/C15H22FNO/c1-15(2,3)17-9-8-13(14(18)10-17)11-4-6-12(16)7-5-11/h4-7,13-14,18H,8-10H2,1-3H3/t13-,14+/m1/s1. The number of piperidine rings is 1. The summed E-state index contributed by atoms with van der Waals surface area (Å²) in [6, 6.07) is 6.52. The van der Waals surface area contributed by atoms with Crippen LogP contribution in [0.3, 0.4) is 0 Å². The van der Waals surface area contributed by atoms with Crippen molar-refractivity contribution in [3.05, 3.63) is 35.6 Å². The summed E-state index contributed by atoms with van der Waals surface area (Å²) >= 11 is 0. The maximum atomic E-state index is 12.9. The molecule has 1 fully saturated rings. The fourth-order valence-electron chi connectivity index (χ4n) is 2.64. The van der Waals surface area contributed by atoms with Gasteiger partial charge < -0.3 is 5.11 Å². The molecular formula is C15H22FNO. The summed E-state index contributed by atoms with van der Waals surface area (Å²) in [4.78, 5) is 2.30. The van der Waals surface area contributed by atoms with Gasteiger partial charge in [-0.1, -0.05) is 12.1 Å². The number of hydrogen-bond donors (Lipinski definition) is 1. The van der Waals surface area contributed by atoms with E-state index in [2.05, 4.69) is 25.7 Å². The summed E-state index contributed by atoms with van der Waals surface area (Å²) in [6.45, 7) is 8.15. The van der Waals surface area contributed by atoms with Gasteiger partial charge in [-0.2, -0.15) is 0 Å². The first-order valence-electron chi connectivity index (χ1n) is 6.56. The fraction of sp³-hybridized carbons (Fsp3) is 0.600. The maximum Gasteiger partial charge on any atom is 0.123 e. The second-order valence-electron chi connectivity index (χ2n) is 6.13. The highest BCUT2D eigenvalue weighted by Crippen LogP contribution is 2.31. The molecule has 2 rings (SSSR count). The van der Waals surface area contributed by atoms with Crippen LogP contribution in [0.2, 0.25) is 0 Å². The Balaban J connectivity index is 2.08. The quantitative estimate of drug-likeness (QED) is 0.829. The van der Waals surface area contributed by atoms with Gasteiger partial charge in [0.2, 0.25) is 0 Å². The summed E-state index contributed by atoms with van der Waals surface area (Å²) in [6.07, 6.45) is 0.549. The Morgan fingerprint density at radius 1 is 1.22 bits per heavy atom. The van der Waals surface area contributed by atoms with Gasteiger partial charge in [-0.15, -0.1) is 0 Å². The molecule has 0 aliphatic carbocycles. The van der Waals surface area contributed by atoms with E-state index in [1.165, 1.54) is 12.1 Å². The number of aliphatic hydroxyl groups excluding tert-OH is 1. The zero-order chi connectivity index (χ0) is 13.3. The van der Waals surface area contributed by atoms with Crippen molar-refractivity contribution in [3.8, 4) is 0 Å². The summed E-state index contributed by atoms with van der Waals surface area (Å²) in [7, 11) is 0. The highest BCUT2D eigenvalue weighted by atomic mass is 19.1. The lowest BCUT2D eigenvalue weighted by atomic mass is 9.85. The molecule has 1 N–H and O–H groups in total. The van der Waals surface area contributed by atoms with Crippen LogP contribution < -0.4 is 0 Å². The first-order valence-corrected chi connectivity index (χ1v) is 6.56. The Morgan fingerprint density at radius 3 is 2.33 bits per heavy atom. The van der Waals surface area contributed by atoms with Crippen molar-refractivity contribution in [2.75, 3.05) is 13.1 Å². The zero-order valence-corrected chi connectivity index (χ0v) is 11.4. The normalized spacial score (nSPS) is 26.3. The molecule has 1 saturated heterocycles. The zero-order valence-electron chi connectivity index (χ0n) is 11.4. The Morgan fingerprint density at radius 2 is 1.83 bits per heavy atom. The molecule has 0 aromatic heterocycles. The smallest absolute Gasteiger partial charge is 0.123 e. The van der Waals surface area contributed by atoms with E-state index in [0.29, 0.717) is 6.54 Å². The van der Waals surface area contributed by atoms with Crippen molar-refractivity contribution >= 4 is 0 Å². The van der Waals surface area contributed by atoms with Gasteiger partial charge in [-0.05, 0) is 51.4 Å². The molecule has 0 unspecified atom stereocenters. The van der Waals surface area contributed by atoms with Gasteiger partial charge in [0.1, 0.15) is 5.82 Å². The third-order valence-corrected chi connectivity index (χ3v) is 3.83. The van der Waals surface area contributed by atoms with E-state index in [4.69, 9.17) is 0 Å². The molecule has 0 saturated carbocycles. The third kappa shape index (κ3) is 2.90. The van der Waals surface area contributed by atoms with E-state index in [1.807, 2.05) is 0 Å². The van der Waals surface area contributed by atoms with Gasteiger partial charge in [-0.25, -0.2) is 4.39 Å². The Labute approximate surface area is 108 Å². The predicted octanol–water partition coefficient (Wildman–Crippen LogP) is 2.77. The van der Waals surface area contributed by atoms with E-state index in [-0.39, 0.29) is 23.4 Å². The first kappa shape index (κ1) is 13.5. The Bertz CT molecular complexity index is 396. The van der Waals surface area contributed by atoms with Crippen molar-refractivity contribution in [3.63, 3.8) is 0 Å². The molecule has 0 amide bonds. The number of aliphatic hydroxyl groups is 1. The van der Waals surface area contributed by atoms with Gasteiger partial charge in [0.15, 0.2) is 0 Å². The number of benzene rings is 1. The van der Waals surface area contributed by atoms with Crippen molar-refractivity contribution in [2.45, 2.75) is 44.8 Å². The number of likely N-dealkylation sites (tertiary alicyclic amines) is 1. The molecule has 100 valence electrons. The Hall–Kier alpha value is -0.930. The Kier molecular flexibility index (Phi) is 3.74. The van der Waals surface area contributed by atoms with Crippen LogP contribution in [-0.2, 0) is 0 Å². The number of β-amino-alcohol motifs (C(OH)–C–C–N with tert-alkyl or cyclic N) is 1. The van der Waals surface area contributed by atoms with Crippen molar-refractivity contribution in [2.24, 2.45) is 0 Å².